The summed E-state index contributed by atoms with van der Waals surface area (Å²) in [6.45, 7) is 3.87. The van der Waals surface area contributed by atoms with Crippen molar-refractivity contribution in [3.63, 3.8) is 0 Å². The highest BCUT2D eigenvalue weighted by Crippen LogP contribution is 2.38. The molecule has 182 valence electrons. The SMILES string of the molecule is COc1cccc(-c2noc(C3=C(C)N(Cc4ccccc4F)C(=O)NC3c3ccc(C)cc3)n2)c1. The van der Waals surface area contributed by atoms with Gasteiger partial charge < -0.3 is 14.6 Å². The van der Waals surface area contributed by atoms with Crippen LogP contribution in [0.1, 0.15) is 35.5 Å². The normalized spacial score (nSPS) is 15.7. The van der Waals surface area contributed by atoms with Crippen LogP contribution in [-0.2, 0) is 6.54 Å². The fourth-order valence-electron chi connectivity index (χ4n) is 4.27. The molecule has 1 unspecified atom stereocenters. The highest BCUT2D eigenvalue weighted by Gasteiger charge is 2.36. The van der Waals surface area contributed by atoms with Crippen molar-refractivity contribution in [3.8, 4) is 17.1 Å². The van der Waals surface area contributed by atoms with Gasteiger partial charge in [-0.05, 0) is 37.6 Å². The van der Waals surface area contributed by atoms with Gasteiger partial charge in [-0.15, -0.1) is 0 Å². The van der Waals surface area contributed by atoms with E-state index in [0.29, 0.717) is 28.4 Å². The molecule has 0 spiro atoms. The minimum Gasteiger partial charge on any atom is -0.497 e. The molecule has 0 saturated carbocycles. The summed E-state index contributed by atoms with van der Waals surface area (Å²) in [5, 5.41) is 7.24. The van der Waals surface area contributed by atoms with Crippen LogP contribution in [0, 0.1) is 12.7 Å². The van der Waals surface area contributed by atoms with Crippen LogP contribution in [0.4, 0.5) is 9.18 Å². The number of halogens is 1. The van der Waals surface area contributed by atoms with Crippen LogP contribution in [0.25, 0.3) is 17.0 Å². The zero-order chi connectivity index (χ0) is 25.2. The van der Waals surface area contributed by atoms with Crippen molar-refractivity contribution < 1.29 is 18.4 Å². The Bertz CT molecular complexity index is 1450. The number of amides is 2. The second-order valence-electron chi connectivity index (χ2n) is 8.62. The Morgan fingerprint density at radius 3 is 2.58 bits per heavy atom. The van der Waals surface area contributed by atoms with Crippen molar-refractivity contribution in [1.82, 2.24) is 20.4 Å². The van der Waals surface area contributed by atoms with E-state index in [1.165, 1.54) is 11.0 Å². The van der Waals surface area contributed by atoms with Crippen molar-refractivity contribution in [2.24, 2.45) is 0 Å². The largest absolute Gasteiger partial charge is 0.497 e. The van der Waals surface area contributed by atoms with Gasteiger partial charge in [0.25, 0.3) is 5.89 Å². The smallest absolute Gasteiger partial charge is 0.322 e. The quantitative estimate of drug-likeness (QED) is 0.369. The molecule has 0 radical (unpaired) electrons. The molecule has 36 heavy (non-hydrogen) atoms. The molecule has 1 atom stereocenters. The van der Waals surface area contributed by atoms with E-state index in [1.807, 2.05) is 62.4 Å². The fraction of sp³-hybridized carbons (Fsp3) is 0.179. The summed E-state index contributed by atoms with van der Waals surface area (Å²) in [6.07, 6.45) is 0. The number of aromatic nitrogens is 2. The minimum absolute atomic E-state index is 0.0608. The first-order valence-electron chi connectivity index (χ1n) is 11.5. The number of carbonyl (C=O) groups is 1. The van der Waals surface area contributed by atoms with Gasteiger partial charge in [0.05, 0.1) is 25.3 Å². The summed E-state index contributed by atoms with van der Waals surface area (Å²) in [5.74, 6) is 0.963. The van der Waals surface area contributed by atoms with Gasteiger partial charge in [0.1, 0.15) is 11.6 Å². The van der Waals surface area contributed by atoms with Gasteiger partial charge >= 0.3 is 6.03 Å². The number of allylic oxidation sites excluding steroid dienone is 1. The summed E-state index contributed by atoms with van der Waals surface area (Å²) in [7, 11) is 1.59. The molecule has 7 nitrogen and oxygen atoms in total. The first-order valence-corrected chi connectivity index (χ1v) is 11.5. The number of hydrogen-bond donors (Lipinski definition) is 1. The Balaban J connectivity index is 1.60. The summed E-state index contributed by atoms with van der Waals surface area (Å²) in [5.41, 5.74) is 4.36. The summed E-state index contributed by atoms with van der Waals surface area (Å²) < 4.78 is 25.5. The summed E-state index contributed by atoms with van der Waals surface area (Å²) >= 11 is 0. The molecular weight excluding hydrogens is 459 g/mol. The van der Waals surface area contributed by atoms with Gasteiger partial charge in [-0.3, -0.25) is 4.90 Å². The maximum absolute atomic E-state index is 14.4. The average Bonchev–Trinajstić information content (AvgIpc) is 3.37. The van der Waals surface area contributed by atoms with Gasteiger partial charge in [-0.2, -0.15) is 4.98 Å². The van der Waals surface area contributed by atoms with Gasteiger partial charge in [0.2, 0.25) is 5.82 Å². The summed E-state index contributed by atoms with van der Waals surface area (Å²) in [6, 6.07) is 20.8. The number of rotatable bonds is 6. The second kappa shape index (κ2) is 9.65. The van der Waals surface area contributed by atoms with Crippen molar-refractivity contribution in [3.05, 3.63) is 107 Å². The minimum atomic E-state index is -0.520. The summed E-state index contributed by atoms with van der Waals surface area (Å²) in [4.78, 5) is 19.4. The number of benzene rings is 3. The van der Waals surface area contributed by atoms with Gasteiger partial charge in [-0.25, -0.2) is 9.18 Å². The third-order valence-corrected chi connectivity index (χ3v) is 6.28. The number of carbonyl (C=O) groups excluding carboxylic acids is 1. The Labute approximate surface area is 208 Å². The van der Waals surface area contributed by atoms with Crippen LogP contribution < -0.4 is 10.1 Å². The molecule has 1 aliphatic heterocycles. The number of nitrogens with zero attached hydrogens (tertiary/aromatic N) is 3. The molecule has 8 heteroatoms. The average molecular weight is 485 g/mol. The van der Waals surface area contributed by atoms with Crippen molar-refractivity contribution in [1.29, 1.82) is 0 Å². The van der Waals surface area contributed by atoms with E-state index < -0.39 is 6.04 Å². The third-order valence-electron chi connectivity index (χ3n) is 6.28. The lowest BCUT2D eigenvalue weighted by Gasteiger charge is -2.35. The van der Waals surface area contributed by atoms with Gasteiger partial charge in [0, 0.05) is 16.8 Å². The predicted molar refractivity (Wildman–Crippen MR) is 133 cm³/mol. The van der Waals surface area contributed by atoms with Crippen molar-refractivity contribution in [2.75, 3.05) is 7.11 Å². The zero-order valence-corrected chi connectivity index (χ0v) is 20.2. The van der Waals surface area contributed by atoms with E-state index in [4.69, 9.17) is 9.26 Å². The number of aryl methyl sites for hydroxylation is 1. The van der Waals surface area contributed by atoms with Crippen LogP contribution >= 0.6 is 0 Å². The number of urea groups is 1. The molecule has 0 saturated heterocycles. The lowest BCUT2D eigenvalue weighted by molar-refractivity contribution is 0.202. The molecule has 4 aromatic rings. The maximum atomic E-state index is 14.4. The molecule has 1 N–H and O–H groups in total. The zero-order valence-electron chi connectivity index (χ0n) is 20.2. The number of hydrogen-bond acceptors (Lipinski definition) is 5. The molecule has 2 amide bonds. The molecule has 3 aromatic carbocycles. The van der Waals surface area contributed by atoms with Crippen molar-refractivity contribution >= 4 is 11.6 Å². The monoisotopic (exact) mass is 484 g/mol. The van der Waals surface area contributed by atoms with Gasteiger partial charge in [0.15, 0.2) is 0 Å². The van der Waals surface area contributed by atoms with E-state index in [1.54, 1.807) is 25.3 Å². The fourth-order valence-corrected chi connectivity index (χ4v) is 4.27. The topological polar surface area (TPSA) is 80.5 Å². The molecule has 1 aromatic heterocycles. The lowest BCUT2D eigenvalue weighted by atomic mass is 9.94. The van der Waals surface area contributed by atoms with E-state index in [9.17, 15) is 9.18 Å². The molecule has 2 heterocycles. The Hall–Kier alpha value is -4.46. The molecule has 0 aliphatic carbocycles. The lowest BCUT2D eigenvalue weighted by Crippen LogP contribution is -2.45. The van der Waals surface area contributed by atoms with Crippen LogP contribution in [0.3, 0.4) is 0 Å². The van der Waals surface area contributed by atoms with Crippen LogP contribution in [0.2, 0.25) is 0 Å². The van der Waals surface area contributed by atoms with E-state index in [2.05, 4.69) is 15.5 Å². The second-order valence-corrected chi connectivity index (χ2v) is 8.62. The van der Waals surface area contributed by atoms with Gasteiger partial charge in [-0.1, -0.05) is 65.3 Å². The Morgan fingerprint density at radius 1 is 1.06 bits per heavy atom. The van der Waals surface area contributed by atoms with E-state index in [0.717, 1.165) is 16.7 Å². The first-order chi connectivity index (χ1) is 17.4. The molecular formula is C28H25FN4O3. The number of methoxy groups -OCH3 is 1. The van der Waals surface area contributed by atoms with Crippen LogP contribution in [0.15, 0.2) is 83.0 Å². The standard InChI is InChI=1S/C28H25FN4O3/c1-17-11-13-19(14-12-17)25-24(27-31-26(32-36-27)20-8-6-9-22(15-20)35-3)18(2)33(28(34)30-25)16-21-7-4-5-10-23(21)29/h4-15,25H,16H2,1-3H3,(H,30,34). The molecule has 0 bridgehead atoms. The van der Waals surface area contributed by atoms with E-state index in [-0.39, 0.29) is 24.3 Å². The first kappa shape index (κ1) is 23.3. The Kier molecular flexibility index (Phi) is 6.25. The van der Waals surface area contributed by atoms with Crippen molar-refractivity contribution in [2.45, 2.75) is 26.4 Å². The van der Waals surface area contributed by atoms with Crippen LogP contribution in [-0.4, -0.2) is 28.2 Å². The number of ether oxygens (including phenoxy) is 1. The maximum Gasteiger partial charge on any atom is 0.322 e. The van der Waals surface area contributed by atoms with Crippen LogP contribution in [0.5, 0.6) is 5.75 Å². The number of nitrogens with one attached hydrogen (secondary N) is 1. The highest BCUT2D eigenvalue weighted by molar-refractivity contribution is 5.87. The molecule has 5 rings (SSSR count). The molecule has 1 aliphatic rings. The third kappa shape index (κ3) is 4.45. The molecule has 0 fully saturated rings. The predicted octanol–water partition coefficient (Wildman–Crippen LogP) is 5.89. The van der Waals surface area contributed by atoms with E-state index >= 15 is 0 Å². The Morgan fingerprint density at radius 2 is 1.83 bits per heavy atom. The highest BCUT2D eigenvalue weighted by atomic mass is 19.1.